The lowest BCUT2D eigenvalue weighted by molar-refractivity contribution is 0.576. The molecule has 0 atom stereocenters. The van der Waals surface area contributed by atoms with Crippen LogP contribution in [0.15, 0.2) is 78.9 Å². The highest BCUT2D eigenvalue weighted by atomic mass is 35.5. The first-order chi connectivity index (χ1) is 14.2. The van der Waals surface area contributed by atoms with Crippen LogP contribution >= 0.6 is 23.2 Å². The molecule has 0 fully saturated rings. The molecule has 0 radical (unpaired) electrons. The van der Waals surface area contributed by atoms with Gasteiger partial charge in [-0.3, -0.25) is 0 Å². The van der Waals surface area contributed by atoms with Crippen LogP contribution in [0.25, 0.3) is 11.3 Å². The van der Waals surface area contributed by atoms with E-state index >= 15 is 0 Å². The number of nitrogens with one attached hydrogen (secondary N) is 1. The van der Waals surface area contributed by atoms with Crippen molar-refractivity contribution in [3.8, 4) is 11.3 Å². The molecule has 0 amide bonds. The van der Waals surface area contributed by atoms with Crippen molar-refractivity contribution in [2.24, 2.45) is 0 Å². The molecule has 0 unspecified atom stereocenters. The third-order valence-electron chi connectivity index (χ3n) is 4.61. The van der Waals surface area contributed by atoms with Crippen LogP contribution in [0.2, 0.25) is 10.0 Å². The van der Waals surface area contributed by atoms with Gasteiger partial charge in [0.05, 0.1) is 6.54 Å². The second kappa shape index (κ2) is 9.23. The molecule has 146 valence electrons. The number of rotatable bonds is 7. The second-order valence-corrected chi connectivity index (χ2v) is 7.49. The molecular formula is C23H20Cl2N4. The highest BCUT2D eigenvalue weighted by Crippen LogP contribution is 2.22. The van der Waals surface area contributed by atoms with E-state index in [1.54, 1.807) is 4.80 Å². The van der Waals surface area contributed by atoms with Gasteiger partial charge in [-0.1, -0.05) is 89.9 Å². The molecule has 0 aliphatic rings. The predicted octanol–water partition coefficient (Wildman–Crippen LogP) is 5.59. The second-order valence-electron chi connectivity index (χ2n) is 6.68. The standard InChI is InChI=1S/C23H20Cl2N4/c24-20-12-6-4-10-18(20)14-26-15-22-23(17-8-2-1-3-9-17)28-29(27-22)16-19-11-5-7-13-21(19)25/h1-13,26H,14-16H2. The Morgan fingerprint density at radius 2 is 1.31 bits per heavy atom. The van der Waals surface area contributed by atoms with Crippen molar-refractivity contribution in [1.82, 2.24) is 20.3 Å². The number of hydrogen-bond donors (Lipinski definition) is 1. The van der Waals surface area contributed by atoms with Gasteiger partial charge in [-0.15, -0.1) is 0 Å². The lowest BCUT2D eigenvalue weighted by Crippen LogP contribution is -2.14. The van der Waals surface area contributed by atoms with Crippen molar-refractivity contribution in [3.05, 3.63) is 106 Å². The number of nitrogens with zero attached hydrogens (tertiary/aromatic N) is 3. The highest BCUT2D eigenvalue weighted by Gasteiger charge is 2.14. The SMILES string of the molecule is Clc1ccccc1CNCc1nn(Cc2ccccc2Cl)nc1-c1ccccc1. The van der Waals surface area contributed by atoms with Crippen molar-refractivity contribution in [2.45, 2.75) is 19.6 Å². The Hall–Kier alpha value is -2.66. The Bertz CT molecular complexity index is 1090. The van der Waals surface area contributed by atoms with Gasteiger partial charge in [0.15, 0.2) is 0 Å². The lowest BCUT2D eigenvalue weighted by atomic mass is 10.1. The van der Waals surface area contributed by atoms with E-state index in [-0.39, 0.29) is 0 Å². The van der Waals surface area contributed by atoms with Crippen molar-refractivity contribution in [2.75, 3.05) is 0 Å². The minimum Gasteiger partial charge on any atom is -0.307 e. The highest BCUT2D eigenvalue weighted by molar-refractivity contribution is 6.31. The van der Waals surface area contributed by atoms with Crippen molar-refractivity contribution in [3.63, 3.8) is 0 Å². The van der Waals surface area contributed by atoms with Crippen molar-refractivity contribution in [1.29, 1.82) is 0 Å². The van der Waals surface area contributed by atoms with E-state index in [0.29, 0.717) is 24.7 Å². The van der Waals surface area contributed by atoms with Crippen LogP contribution in [-0.2, 0) is 19.6 Å². The van der Waals surface area contributed by atoms with Crippen LogP contribution in [0.4, 0.5) is 0 Å². The molecule has 3 aromatic carbocycles. The number of hydrogen-bond acceptors (Lipinski definition) is 3. The summed E-state index contributed by atoms with van der Waals surface area (Å²) in [5.41, 5.74) is 4.82. The van der Waals surface area contributed by atoms with Crippen LogP contribution < -0.4 is 5.32 Å². The summed E-state index contributed by atoms with van der Waals surface area (Å²) in [6.45, 7) is 1.76. The quantitative estimate of drug-likeness (QED) is 0.421. The maximum Gasteiger partial charge on any atom is 0.117 e. The zero-order valence-electron chi connectivity index (χ0n) is 15.7. The van der Waals surface area contributed by atoms with Gasteiger partial charge in [0.25, 0.3) is 0 Å². The molecule has 0 saturated heterocycles. The van der Waals surface area contributed by atoms with E-state index in [1.165, 1.54) is 0 Å². The van der Waals surface area contributed by atoms with Gasteiger partial charge in [0.2, 0.25) is 0 Å². The summed E-state index contributed by atoms with van der Waals surface area (Å²) in [7, 11) is 0. The monoisotopic (exact) mass is 422 g/mol. The molecule has 1 N–H and O–H groups in total. The van der Waals surface area contributed by atoms with Crippen LogP contribution in [-0.4, -0.2) is 15.0 Å². The predicted molar refractivity (Wildman–Crippen MR) is 118 cm³/mol. The summed E-state index contributed by atoms with van der Waals surface area (Å²) < 4.78 is 0. The molecule has 4 aromatic rings. The van der Waals surface area contributed by atoms with Gasteiger partial charge < -0.3 is 5.32 Å². The van der Waals surface area contributed by atoms with E-state index in [1.807, 2.05) is 78.9 Å². The molecule has 0 saturated carbocycles. The summed E-state index contributed by atoms with van der Waals surface area (Å²) >= 11 is 12.6. The van der Waals surface area contributed by atoms with E-state index in [9.17, 15) is 0 Å². The van der Waals surface area contributed by atoms with Crippen molar-refractivity contribution >= 4 is 23.2 Å². The third-order valence-corrected chi connectivity index (χ3v) is 5.34. The average molecular weight is 423 g/mol. The molecule has 29 heavy (non-hydrogen) atoms. The molecule has 1 heterocycles. The number of aromatic nitrogens is 3. The first-order valence-electron chi connectivity index (χ1n) is 9.37. The van der Waals surface area contributed by atoms with Gasteiger partial charge in [-0.05, 0) is 23.3 Å². The van der Waals surface area contributed by atoms with Gasteiger partial charge in [0, 0.05) is 28.7 Å². The smallest absolute Gasteiger partial charge is 0.117 e. The van der Waals surface area contributed by atoms with E-state index in [0.717, 1.165) is 33.1 Å². The first-order valence-corrected chi connectivity index (χ1v) is 10.1. The number of benzene rings is 3. The summed E-state index contributed by atoms with van der Waals surface area (Å²) in [6, 6.07) is 25.7. The fourth-order valence-corrected chi connectivity index (χ4v) is 3.53. The first kappa shape index (κ1) is 19.6. The zero-order valence-corrected chi connectivity index (χ0v) is 17.2. The third kappa shape index (κ3) is 4.85. The molecule has 4 rings (SSSR count). The molecule has 4 nitrogen and oxygen atoms in total. The Labute approximate surface area is 180 Å². The minimum absolute atomic E-state index is 0.518. The summed E-state index contributed by atoms with van der Waals surface area (Å²) in [5, 5.41) is 14.4. The topological polar surface area (TPSA) is 42.7 Å². The average Bonchev–Trinajstić information content (AvgIpc) is 3.14. The van der Waals surface area contributed by atoms with Crippen LogP contribution in [0.3, 0.4) is 0 Å². The van der Waals surface area contributed by atoms with E-state index in [4.69, 9.17) is 33.4 Å². The van der Waals surface area contributed by atoms with Crippen LogP contribution in [0, 0.1) is 0 Å². The van der Waals surface area contributed by atoms with Gasteiger partial charge in [0.1, 0.15) is 11.4 Å². The lowest BCUT2D eigenvalue weighted by Gasteiger charge is -2.06. The zero-order chi connectivity index (χ0) is 20.1. The van der Waals surface area contributed by atoms with Crippen LogP contribution in [0.5, 0.6) is 0 Å². The summed E-state index contributed by atoms with van der Waals surface area (Å²) in [4.78, 5) is 1.70. The largest absolute Gasteiger partial charge is 0.307 e. The molecule has 0 aliphatic carbocycles. The Morgan fingerprint density at radius 1 is 0.690 bits per heavy atom. The fraction of sp³-hybridized carbons (Fsp3) is 0.130. The van der Waals surface area contributed by atoms with E-state index < -0.39 is 0 Å². The molecule has 0 bridgehead atoms. The molecule has 1 aromatic heterocycles. The van der Waals surface area contributed by atoms with Crippen LogP contribution in [0.1, 0.15) is 16.8 Å². The molecule has 0 spiro atoms. The maximum atomic E-state index is 6.31. The van der Waals surface area contributed by atoms with Gasteiger partial charge in [-0.2, -0.15) is 15.0 Å². The fourth-order valence-electron chi connectivity index (χ4n) is 3.13. The van der Waals surface area contributed by atoms with Gasteiger partial charge in [-0.25, -0.2) is 0 Å². The normalized spacial score (nSPS) is 11.0. The molecular weight excluding hydrogens is 403 g/mol. The Balaban J connectivity index is 1.57. The number of halogens is 2. The van der Waals surface area contributed by atoms with Gasteiger partial charge >= 0.3 is 0 Å². The molecule has 6 heteroatoms. The Kier molecular flexibility index (Phi) is 6.25. The maximum absolute atomic E-state index is 6.31. The molecule has 0 aliphatic heterocycles. The van der Waals surface area contributed by atoms with E-state index in [2.05, 4.69) is 5.32 Å². The summed E-state index contributed by atoms with van der Waals surface area (Å²) in [5.74, 6) is 0. The summed E-state index contributed by atoms with van der Waals surface area (Å²) in [6.07, 6.45) is 0. The van der Waals surface area contributed by atoms with Crippen molar-refractivity contribution < 1.29 is 0 Å². The Morgan fingerprint density at radius 3 is 2.00 bits per heavy atom. The minimum atomic E-state index is 0.518.